The van der Waals surface area contributed by atoms with Crippen molar-refractivity contribution in [3.63, 3.8) is 0 Å². The Morgan fingerprint density at radius 3 is 2.69 bits per heavy atom. The molecule has 4 N–H and O–H groups in total. The van der Waals surface area contributed by atoms with E-state index in [0.29, 0.717) is 0 Å². The number of carbonyl (C=O) groups excluding carboxylic acids is 1. The lowest BCUT2D eigenvalue weighted by Gasteiger charge is -2.05. The van der Waals surface area contributed by atoms with Gasteiger partial charge in [0.1, 0.15) is 11.3 Å². The molecule has 0 spiro atoms. The van der Waals surface area contributed by atoms with Crippen LogP contribution in [0.1, 0.15) is 5.56 Å². The molecule has 0 saturated heterocycles. The van der Waals surface area contributed by atoms with Gasteiger partial charge in [0.15, 0.2) is 0 Å². The first-order valence-electron chi connectivity index (χ1n) is 9.01. The minimum atomic E-state index is -0.496. The van der Waals surface area contributed by atoms with Crippen LogP contribution >= 0.6 is 0 Å². The number of hydrogen-bond donors (Lipinski definition) is 3. The van der Waals surface area contributed by atoms with E-state index >= 15 is 0 Å². The van der Waals surface area contributed by atoms with Crippen molar-refractivity contribution >= 4 is 34.1 Å². The standard InChI is InChI=1S/C22H16N6O/c23-20(29)2-1-13-7-14(10-24-9-13)15-8-18-19(12-28-22(18)27-11-15)16-3-5-25-21-17(16)4-6-26-21/h1-12H,(H2,23,29)(H,25,26)(H,27,28). The average Bonchev–Trinajstić information content (AvgIpc) is 3.38. The second-order valence-corrected chi connectivity index (χ2v) is 6.66. The van der Waals surface area contributed by atoms with E-state index in [0.717, 1.165) is 49.9 Å². The fraction of sp³-hybridized carbons (Fsp3) is 0. The van der Waals surface area contributed by atoms with Crippen molar-refractivity contribution in [3.05, 3.63) is 73.1 Å². The summed E-state index contributed by atoms with van der Waals surface area (Å²) in [5.74, 6) is -0.496. The molecule has 0 bridgehead atoms. The number of nitrogens with zero attached hydrogens (tertiary/aromatic N) is 3. The molecular weight excluding hydrogens is 364 g/mol. The predicted octanol–water partition coefficient (Wildman–Crippen LogP) is 3.67. The monoisotopic (exact) mass is 380 g/mol. The second-order valence-electron chi connectivity index (χ2n) is 6.66. The first kappa shape index (κ1) is 16.9. The Morgan fingerprint density at radius 2 is 1.79 bits per heavy atom. The van der Waals surface area contributed by atoms with E-state index in [1.807, 2.05) is 30.6 Å². The molecule has 5 heterocycles. The van der Waals surface area contributed by atoms with Crippen molar-refractivity contribution in [1.82, 2.24) is 24.9 Å². The Labute approximate surface area is 165 Å². The lowest BCUT2D eigenvalue weighted by molar-refractivity contribution is -0.113. The van der Waals surface area contributed by atoms with Crippen molar-refractivity contribution in [3.8, 4) is 22.3 Å². The fourth-order valence-corrected chi connectivity index (χ4v) is 3.46. The number of primary amides is 1. The minimum absolute atomic E-state index is 0.496. The van der Waals surface area contributed by atoms with Crippen LogP contribution in [0.25, 0.3) is 50.4 Å². The van der Waals surface area contributed by atoms with E-state index in [2.05, 4.69) is 31.0 Å². The number of carbonyl (C=O) groups is 1. The lowest BCUT2D eigenvalue weighted by Crippen LogP contribution is -2.05. The van der Waals surface area contributed by atoms with Gasteiger partial charge < -0.3 is 15.7 Å². The highest BCUT2D eigenvalue weighted by atomic mass is 16.1. The Morgan fingerprint density at radius 1 is 0.931 bits per heavy atom. The second kappa shape index (κ2) is 6.72. The molecule has 0 aliphatic carbocycles. The minimum Gasteiger partial charge on any atom is -0.366 e. The Balaban J connectivity index is 1.63. The van der Waals surface area contributed by atoms with Crippen LogP contribution in [0.4, 0.5) is 0 Å². The highest BCUT2D eigenvalue weighted by Gasteiger charge is 2.12. The van der Waals surface area contributed by atoms with E-state index in [4.69, 9.17) is 5.73 Å². The molecule has 7 heteroatoms. The fourth-order valence-electron chi connectivity index (χ4n) is 3.46. The van der Waals surface area contributed by atoms with Crippen LogP contribution in [0, 0.1) is 0 Å². The molecule has 1 amide bonds. The smallest absolute Gasteiger partial charge is 0.241 e. The van der Waals surface area contributed by atoms with E-state index in [1.165, 1.54) is 6.08 Å². The van der Waals surface area contributed by atoms with Gasteiger partial charge >= 0.3 is 0 Å². The topological polar surface area (TPSA) is 113 Å². The highest BCUT2D eigenvalue weighted by Crippen LogP contribution is 2.34. The van der Waals surface area contributed by atoms with Gasteiger partial charge in [0.05, 0.1) is 0 Å². The van der Waals surface area contributed by atoms with E-state index < -0.39 is 5.91 Å². The van der Waals surface area contributed by atoms with Crippen LogP contribution in [0.5, 0.6) is 0 Å². The van der Waals surface area contributed by atoms with Gasteiger partial charge in [0.2, 0.25) is 5.91 Å². The van der Waals surface area contributed by atoms with Gasteiger partial charge in [-0.25, -0.2) is 9.97 Å². The molecule has 0 radical (unpaired) electrons. The number of H-pyrrole nitrogens is 2. The first-order valence-corrected chi connectivity index (χ1v) is 9.01. The molecule has 0 saturated carbocycles. The van der Waals surface area contributed by atoms with Gasteiger partial charge in [-0.1, -0.05) is 0 Å². The number of aromatic amines is 2. The number of nitrogens with two attached hydrogens (primary N) is 1. The quantitative estimate of drug-likeness (QED) is 0.413. The normalized spacial score (nSPS) is 11.6. The van der Waals surface area contributed by atoms with Crippen LogP contribution in [0.3, 0.4) is 0 Å². The summed E-state index contributed by atoms with van der Waals surface area (Å²) < 4.78 is 0. The van der Waals surface area contributed by atoms with Gasteiger partial charge in [-0.15, -0.1) is 0 Å². The van der Waals surface area contributed by atoms with E-state index in [1.54, 1.807) is 30.9 Å². The first-order chi connectivity index (χ1) is 14.2. The zero-order chi connectivity index (χ0) is 19.8. The summed E-state index contributed by atoms with van der Waals surface area (Å²) >= 11 is 0. The van der Waals surface area contributed by atoms with E-state index in [9.17, 15) is 4.79 Å². The largest absolute Gasteiger partial charge is 0.366 e. The van der Waals surface area contributed by atoms with Crippen molar-refractivity contribution in [2.75, 3.05) is 0 Å². The van der Waals surface area contributed by atoms with Crippen molar-refractivity contribution < 1.29 is 4.79 Å². The van der Waals surface area contributed by atoms with Crippen LogP contribution < -0.4 is 5.73 Å². The van der Waals surface area contributed by atoms with Gasteiger partial charge in [-0.2, -0.15) is 0 Å². The van der Waals surface area contributed by atoms with Crippen LogP contribution in [0.2, 0.25) is 0 Å². The molecule has 0 unspecified atom stereocenters. The molecule has 140 valence electrons. The maximum absolute atomic E-state index is 11.0. The lowest BCUT2D eigenvalue weighted by atomic mass is 10.0. The Bertz CT molecular complexity index is 1400. The molecule has 0 atom stereocenters. The summed E-state index contributed by atoms with van der Waals surface area (Å²) in [6.45, 7) is 0. The number of nitrogens with one attached hydrogen (secondary N) is 2. The van der Waals surface area contributed by atoms with Gasteiger partial charge in [-0.05, 0) is 41.5 Å². The molecule has 0 aliphatic rings. The summed E-state index contributed by atoms with van der Waals surface area (Å²) in [6, 6.07) is 8.05. The van der Waals surface area contributed by atoms with E-state index in [-0.39, 0.29) is 0 Å². The summed E-state index contributed by atoms with van der Waals surface area (Å²) in [4.78, 5) is 30.6. The van der Waals surface area contributed by atoms with Gasteiger partial charge in [0, 0.05) is 70.7 Å². The number of rotatable bonds is 4. The van der Waals surface area contributed by atoms with Crippen LogP contribution in [-0.4, -0.2) is 30.8 Å². The average molecular weight is 380 g/mol. The molecule has 0 aliphatic heterocycles. The van der Waals surface area contributed by atoms with Crippen molar-refractivity contribution in [2.45, 2.75) is 0 Å². The summed E-state index contributed by atoms with van der Waals surface area (Å²) in [5, 5.41) is 2.06. The Hall–Kier alpha value is -4.26. The third kappa shape index (κ3) is 3.04. The number of hydrogen-bond acceptors (Lipinski definition) is 4. The third-order valence-electron chi connectivity index (χ3n) is 4.81. The summed E-state index contributed by atoms with van der Waals surface area (Å²) in [5.41, 5.74) is 11.6. The zero-order valence-corrected chi connectivity index (χ0v) is 15.3. The van der Waals surface area contributed by atoms with Crippen LogP contribution in [0.15, 0.2) is 67.5 Å². The van der Waals surface area contributed by atoms with Crippen molar-refractivity contribution in [1.29, 1.82) is 0 Å². The molecular formula is C22H16N6O. The molecule has 29 heavy (non-hydrogen) atoms. The number of pyridine rings is 3. The summed E-state index contributed by atoms with van der Waals surface area (Å²) in [6.07, 6.45) is 13.9. The van der Waals surface area contributed by atoms with Gasteiger partial charge in [0.25, 0.3) is 0 Å². The predicted molar refractivity (Wildman–Crippen MR) is 113 cm³/mol. The molecule has 5 aromatic rings. The molecule has 5 rings (SSSR count). The maximum atomic E-state index is 11.0. The molecule has 0 fully saturated rings. The third-order valence-corrected chi connectivity index (χ3v) is 4.81. The molecule has 0 aromatic carbocycles. The number of amides is 1. The number of fused-ring (bicyclic) bond motifs is 2. The summed E-state index contributed by atoms with van der Waals surface area (Å²) in [7, 11) is 0. The maximum Gasteiger partial charge on any atom is 0.241 e. The zero-order valence-electron chi connectivity index (χ0n) is 15.3. The van der Waals surface area contributed by atoms with Crippen molar-refractivity contribution in [2.24, 2.45) is 5.73 Å². The SMILES string of the molecule is NC(=O)C=Cc1cncc(-c2cnc3[nH]cc(-c4ccnc5[nH]ccc45)c3c2)c1. The van der Waals surface area contributed by atoms with Crippen LogP contribution in [-0.2, 0) is 4.79 Å². The molecule has 7 nitrogen and oxygen atoms in total. The Kier molecular flexibility index (Phi) is 3.91. The molecule has 5 aromatic heterocycles. The van der Waals surface area contributed by atoms with Gasteiger partial charge in [-0.3, -0.25) is 9.78 Å². The highest BCUT2D eigenvalue weighted by molar-refractivity contribution is 6.03. The number of aromatic nitrogens is 5.